The van der Waals surface area contributed by atoms with Crippen molar-refractivity contribution in [3.05, 3.63) is 101 Å². The van der Waals surface area contributed by atoms with E-state index in [-0.39, 0.29) is 29.4 Å². The molecule has 3 aromatic carbocycles. The predicted molar refractivity (Wildman–Crippen MR) is 187 cm³/mol. The van der Waals surface area contributed by atoms with Crippen LogP contribution in [0.2, 0.25) is 0 Å². The summed E-state index contributed by atoms with van der Waals surface area (Å²) in [5.41, 5.74) is 2.26. The maximum absolute atomic E-state index is 13.8. The molecule has 0 aliphatic carbocycles. The van der Waals surface area contributed by atoms with Crippen LogP contribution in [0.4, 0.5) is 5.69 Å². The first-order valence-electron chi connectivity index (χ1n) is 16.3. The largest absolute Gasteiger partial charge is 0.390 e. The number of likely N-dealkylation sites (tertiary alicyclic amines) is 1. The van der Waals surface area contributed by atoms with E-state index in [4.69, 9.17) is 0 Å². The van der Waals surface area contributed by atoms with E-state index in [0.717, 1.165) is 47.6 Å². The minimum Gasteiger partial charge on any atom is -0.390 e. The van der Waals surface area contributed by atoms with Gasteiger partial charge in [0.2, 0.25) is 10.0 Å². The van der Waals surface area contributed by atoms with Gasteiger partial charge in [-0.2, -0.15) is 0 Å². The number of carbonyl (C=O) groups is 2. The Labute approximate surface area is 279 Å². The Balaban J connectivity index is 1.56. The second kappa shape index (κ2) is 16.4. The summed E-state index contributed by atoms with van der Waals surface area (Å²) in [5, 5.41) is 20.7. The number of carbonyl (C=O) groups excluding carboxylic acids is 2. The molecule has 4 atom stereocenters. The fourth-order valence-electron chi connectivity index (χ4n) is 6.05. The fourth-order valence-corrected chi connectivity index (χ4v) is 6.54. The van der Waals surface area contributed by atoms with Crippen LogP contribution in [0.5, 0.6) is 0 Å². The van der Waals surface area contributed by atoms with Crippen LogP contribution < -0.4 is 20.3 Å². The Hall–Kier alpha value is -3.77. The zero-order valence-electron chi connectivity index (χ0n) is 28.0. The van der Waals surface area contributed by atoms with Gasteiger partial charge in [-0.15, -0.1) is 0 Å². The van der Waals surface area contributed by atoms with Gasteiger partial charge in [-0.05, 0) is 75.9 Å². The molecule has 0 spiro atoms. The van der Waals surface area contributed by atoms with E-state index < -0.39 is 34.0 Å². The van der Waals surface area contributed by atoms with E-state index in [1.807, 2.05) is 67.6 Å². The number of aliphatic hydroxyl groups is 1. The Morgan fingerprint density at radius 1 is 0.936 bits per heavy atom. The molecule has 0 bridgehead atoms. The van der Waals surface area contributed by atoms with Crippen LogP contribution in [0.3, 0.4) is 0 Å². The summed E-state index contributed by atoms with van der Waals surface area (Å²) >= 11 is 0. The lowest BCUT2D eigenvalue weighted by atomic mass is 9.99. The lowest BCUT2D eigenvalue weighted by Gasteiger charge is -2.30. The van der Waals surface area contributed by atoms with Crippen molar-refractivity contribution in [2.24, 2.45) is 0 Å². The molecule has 3 aromatic rings. The number of amides is 2. The first-order valence-corrected chi connectivity index (χ1v) is 18.1. The van der Waals surface area contributed by atoms with E-state index in [2.05, 4.69) is 34.7 Å². The molecular weight excluding hydrogens is 614 g/mol. The summed E-state index contributed by atoms with van der Waals surface area (Å²) in [6.07, 6.45) is 2.77. The van der Waals surface area contributed by atoms with Crippen molar-refractivity contribution < 1.29 is 23.1 Å². The summed E-state index contributed by atoms with van der Waals surface area (Å²) < 4.78 is 26.0. The van der Waals surface area contributed by atoms with E-state index in [1.54, 1.807) is 0 Å². The molecule has 11 heteroatoms. The number of aliphatic hydroxyl groups excluding tert-OH is 1. The van der Waals surface area contributed by atoms with Crippen LogP contribution in [0, 0.1) is 0 Å². The van der Waals surface area contributed by atoms with Gasteiger partial charge < -0.3 is 21.1 Å². The normalized spacial score (nSPS) is 17.2. The number of sulfonamides is 1. The van der Waals surface area contributed by atoms with Crippen LogP contribution in [-0.2, 0) is 16.4 Å². The van der Waals surface area contributed by atoms with Crippen LogP contribution in [0.15, 0.2) is 78.9 Å². The van der Waals surface area contributed by atoms with E-state index >= 15 is 0 Å². The standard InChI is InChI=1S/C36H49N5O5S/c1-25(2)41-18-12-17-31(41)23-37-24-34(42)33(19-27-13-8-6-9-14-27)39-36(44)30-20-29(21-32(22-30)40(4)47(5,45)46)35(43)38-26(3)28-15-10-7-11-16-28/h6-11,13-16,20-22,25-26,31,33-34,37,42H,12,17-19,23-24H2,1-5H3,(H,38,43)(H,39,44)/t26-,31-,33+,34-/m1/s1. The summed E-state index contributed by atoms with van der Waals surface area (Å²) in [5.74, 6) is -0.979. The zero-order chi connectivity index (χ0) is 34.1. The third kappa shape index (κ3) is 10.1. The minimum absolute atomic E-state index is 0.104. The molecule has 1 fully saturated rings. The maximum atomic E-state index is 13.8. The van der Waals surface area contributed by atoms with Gasteiger partial charge in [0.25, 0.3) is 11.8 Å². The fraction of sp³-hybridized carbons (Fsp3) is 0.444. The summed E-state index contributed by atoms with van der Waals surface area (Å²) in [6.45, 7) is 8.32. The lowest BCUT2D eigenvalue weighted by Crippen LogP contribution is -2.50. The number of hydrogen-bond donors (Lipinski definition) is 4. The molecule has 0 aromatic heterocycles. The molecule has 47 heavy (non-hydrogen) atoms. The number of anilines is 1. The molecule has 1 aliphatic heterocycles. The zero-order valence-corrected chi connectivity index (χ0v) is 28.8. The molecule has 254 valence electrons. The molecule has 4 rings (SSSR count). The van der Waals surface area contributed by atoms with Crippen molar-refractivity contribution >= 4 is 27.5 Å². The first-order chi connectivity index (χ1) is 22.3. The average Bonchev–Trinajstić information content (AvgIpc) is 3.53. The van der Waals surface area contributed by atoms with E-state index in [1.165, 1.54) is 25.2 Å². The van der Waals surface area contributed by atoms with Gasteiger partial charge in [0.15, 0.2) is 0 Å². The highest BCUT2D eigenvalue weighted by Crippen LogP contribution is 2.23. The highest BCUT2D eigenvalue weighted by atomic mass is 32.2. The van der Waals surface area contributed by atoms with Gasteiger partial charge in [0.05, 0.1) is 30.1 Å². The molecule has 10 nitrogen and oxygen atoms in total. The third-order valence-corrected chi connectivity index (χ3v) is 10.1. The Kier molecular flexibility index (Phi) is 12.6. The highest BCUT2D eigenvalue weighted by molar-refractivity contribution is 7.92. The van der Waals surface area contributed by atoms with Crippen molar-refractivity contribution in [3.8, 4) is 0 Å². The van der Waals surface area contributed by atoms with Gasteiger partial charge in [-0.1, -0.05) is 60.7 Å². The molecule has 0 saturated carbocycles. The van der Waals surface area contributed by atoms with E-state index in [0.29, 0.717) is 18.5 Å². The Bertz CT molecular complexity index is 1590. The Morgan fingerprint density at radius 3 is 2.13 bits per heavy atom. The monoisotopic (exact) mass is 663 g/mol. The van der Waals surface area contributed by atoms with E-state index in [9.17, 15) is 23.1 Å². The van der Waals surface area contributed by atoms with Gasteiger partial charge in [0, 0.05) is 43.3 Å². The molecule has 2 amide bonds. The Morgan fingerprint density at radius 2 is 1.53 bits per heavy atom. The molecule has 1 aliphatic rings. The number of nitrogens with zero attached hydrogens (tertiary/aromatic N) is 2. The summed E-state index contributed by atoms with van der Waals surface area (Å²) in [4.78, 5) is 29.7. The van der Waals surface area contributed by atoms with Crippen LogP contribution in [-0.4, -0.2) is 87.4 Å². The lowest BCUT2D eigenvalue weighted by molar-refractivity contribution is 0.0824. The summed E-state index contributed by atoms with van der Waals surface area (Å²) in [6, 6.07) is 23.3. The van der Waals surface area contributed by atoms with Crippen molar-refractivity contribution in [2.45, 2.75) is 70.3 Å². The average molecular weight is 664 g/mol. The van der Waals surface area contributed by atoms with Crippen molar-refractivity contribution in [3.63, 3.8) is 0 Å². The minimum atomic E-state index is -3.69. The van der Waals surface area contributed by atoms with Crippen molar-refractivity contribution in [1.29, 1.82) is 0 Å². The summed E-state index contributed by atoms with van der Waals surface area (Å²) in [7, 11) is -2.32. The van der Waals surface area contributed by atoms with Gasteiger partial charge in [0.1, 0.15) is 0 Å². The molecular formula is C36H49N5O5S. The maximum Gasteiger partial charge on any atom is 0.251 e. The smallest absolute Gasteiger partial charge is 0.251 e. The second-order valence-electron chi connectivity index (χ2n) is 12.7. The quantitative estimate of drug-likeness (QED) is 0.195. The van der Waals surface area contributed by atoms with Gasteiger partial charge in [-0.3, -0.25) is 18.8 Å². The molecule has 1 heterocycles. The number of nitrogens with one attached hydrogen (secondary N) is 3. The molecule has 0 radical (unpaired) electrons. The number of benzene rings is 3. The topological polar surface area (TPSA) is 131 Å². The van der Waals surface area contributed by atoms with Crippen molar-refractivity contribution in [1.82, 2.24) is 20.9 Å². The van der Waals surface area contributed by atoms with Gasteiger partial charge >= 0.3 is 0 Å². The van der Waals surface area contributed by atoms with Crippen molar-refractivity contribution in [2.75, 3.05) is 37.2 Å². The first kappa shape index (κ1) is 36.1. The van der Waals surface area contributed by atoms with Crippen LogP contribution >= 0.6 is 0 Å². The van der Waals surface area contributed by atoms with Crippen LogP contribution in [0.1, 0.15) is 71.5 Å². The number of hydrogen-bond acceptors (Lipinski definition) is 7. The highest BCUT2D eigenvalue weighted by Gasteiger charge is 2.28. The second-order valence-corrected chi connectivity index (χ2v) is 14.7. The van der Waals surface area contributed by atoms with Gasteiger partial charge in [-0.25, -0.2) is 8.42 Å². The molecule has 0 unspecified atom stereocenters. The SMILES string of the molecule is CC(C)N1CCC[C@@H]1CNC[C@@H](O)[C@H](Cc1ccccc1)NC(=O)c1cc(C(=O)N[C@H](C)c2ccccc2)cc(N(C)S(C)(=O)=O)c1. The predicted octanol–water partition coefficient (Wildman–Crippen LogP) is 3.74. The molecule has 4 N–H and O–H groups in total. The third-order valence-electron chi connectivity index (χ3n) is 8.85. The molecule has 1 saturated heterocycles. The number of rotatable bonds is 15. The van der Waals surface area contributed by atoms with Crippen LogP contribution in [0.25, 0.3) is 0 Å².